The fourth-order valence-corrected chi connectivity index (χ4v) is 2.99. The fourth-order valence-electron chi connectivity index (χ4n) is 2.72. The van der Waals surface area contributed by atoms with Crippen LogP contribution in [-0.4, -0.2) is 23.9 Å². The number of rotatable bonds is 5. The molecule has 1 aromatic carbocycles. The van der Waals surface area contributed by atoms with Crippen LogP contribution < -0.4 is 10.6 Å². The molecule has 2 rings (SSSR count). The van der Waals surface area contributed by atoms with Crippen molar-refractivity contribution in [3.63, 3.8) is 0 Å². The van der Waals surface area contributed by atoms with Crippen LogP contribution in [0.4, 0.5) is 0 Å². The van der Waals surface area contributed by atoms with E-state index >= 15 is 0 Å². The summed E-state index contributed by atoms with van der Waals surface area (Å²) in [6.45, 7) is 3.89. The van der Waals surface area contributed by atoms with E-state index in [1.165, 1.54) is 12.8 Å². The van der Waals surface area contributed by atoms with Crippen LogP contribution >= 0.6 is 15.9 Å². The summed E-state index contributed by atoms with van der Waals surface area (Å²) in [7, 11) is 0. The van der Waals surface area contributed by atoms with Crippen LogP contribution in [0.1, 0.15) is 49.9 Å². The van der Waals surface area contributed by atoms with E-state index in [0.717, 1.165) is 17.3 Å². The van der Waals surface area contributed by atoms with E-state index in [1.807, 2.05) is 26.0 Å². The normalized spacial score (nSPS) is 16.5. The molecular formula is C17H23BrN2O2. The van der Waals surface area contributed by atoms with Gasteiger partial charge in [-0.2, -0.15) is 0 Å². The van der Waals surface area contributed by atoms with Gasteiger partial charge in [0.1, 0.15) is 6.04 Å². The molecule has 22 heavy (non-hydrogen) atoms. The third-order valence-corrected chi connectivity index (χ3v) is 4.57. The molecule has 1 aliphatic carbocycles. The van der Waals surface area contributed by atoms with Gasteiger partial charge in [0.25, 0.3) is 5.91 Å². The second kappa shape index (κ2) is 7.77. The number of hydrogen-bond donors (Lipinski definition) is 2. The predicted molar refractivity (Wildman–Crippen MR) is 90.6 cm³/mol. The molecule has 1 fully saturated rings. The van der Waals surface area contributed by atoms with Gasteiger partial charge in [-0.1, -0.05) is 42.6 Å². The Bertz CT molecular complexity index is 522. The number of carbonyl (C=O) groups is 2. The van der Waals surface area contributed by atoms with Crippen molar-refractivity contribution in [2.75, 3.05) is 0 Å². The molecule has 120 valence electrons. The number of amides is 2. The van der Waals surface area contributed by atoms with Gasteiger partial charge in [0, 0.05) is 16.1 Å². The van der Waals surface area contributed by atoms with Crippen LogP contribution in [0.3, 0.4) is 0 Å². The summed E-state index contributed by atoms with van der Waals surface area (Å²) in [5.41, 5.74) is 0.558. The number of benzene rings is 1. The minimum Gasteiger partial charge on any atom is -0.352 e. The van der Waals surface area contributed by atoms with Gasteiger partial charge in [-0.3, -0.25) is 9.59 Å². The third kappa shape index (κ3) is 4.57. The summed E-state index contributed by atoms with van der Waals surface area (Å²) in [6, 6.07) is 6.88. The molecule has 0 bridgehead atoms. The lowest BCUT2D eigenvalue weighted by atomic mass is 10.0. The van der Waals surface area contributed by atoms with Crippen LogP contribution in [-0.2, 0) is 4.79 Å². The molecule has 2 amide bonds. The standard InChI is InChI=1S/C17H23BrN2O2/c1-11(2)15(17(22)19-14-5-3-4-6-14)20-16(21)12-7-9-13(18)10-8-12/h7-11,14-15H,3-6H2,1-2H3,(H,19,22)(H,20,21)/t15-/m1/s1. The molecule has 4 nitrogen and oxygen atoms in total. The second-order valence-corrected chi connectivity index (χ2v) is 7.11. The highest BCUT2D eigenvalue weighted by molar-refractivity contribution is 9.10. The Morgan fingerprint density at radius 3 is 2.27 bits per heavy atom. The average Bonchev–Trinajstić information content (AvgIpc) is 2.97. The van der Waals surface area contributed by atoms with E-state index in [2.05, 4.69) is 26.6 Å². The highest BCUT2D eigenvalue weighted by atomic mass is 79.9. The molecule has 0 spiro atoms. The van der Waals surface area contributed by atoms with Gasteiger partial charge in [-0.15, -0.1) is 0 Å². The van der Waals surface area contributed by atoms with Gasteiger partial charge < -0.3 is 10.6 Å². The van der Waals surface area contributed by atoms with Crippen molar-refractivity contribution in [1.82, 2.24) is 10.6 Å². The van der Waals surface area contributed by atoms with Crippen molar-refractivity contribution < 1.29 is 9.59 Å². The summed E-state index contributed by atoms with van der Waals surface area (Å²) < 4.78 is 0.920. The first kappa shape index (κ1) is 17.0. The minimum absolute atomic E-state index is 0.0424. The largest absolute Gasteiger partial charge is 0.352 e. The average molecular weight is 367 g/mol. The van der Waals surface area contributed by atoms with E-state index in [0.29, 0.717) is 5.56 Å². The molecule has 0 heterocycles. The Morgan fingerprint density at radius 1 is 1.14 bits per heavy atom. The van der Waals surface area contributed by atoms with Crippen molar-refractivity contribution in [2.24, 2.45) is 5.92 Å². The molecule has 0 radical (unpaired) electrons. The monoisotopic (exact) mass is 366 g/mol. The van der Waals surface area contributed by atoms with Crippen molar-refractivity contribution in [3.05, 3.63) is 34.3 Å². The Kier molecular flexibility index (Phi) is 6.00. The van der Waals surface area contributed by atoms with Crippen molar-refractivity contribution in [1.29, 1.82) is 0 Å². The molecule has 0 saturated heterocycles. The van der Waals surface area contributed by atoms with E-state index in [9.17, 15) is 9.59 Å². The minimum atomic E-state index is -0.503. The second-order valence-electron chi connectivity index (χ2n) is 6.19. The number of nitrogens with one attached hydrogen (secondary N) is 2. The Morgan fingerprint density at radius 2 is 1.73 bits per heavy atom. The topological polar surface area (TPSA) is 58.2 Å². The number of halogens is 1. The molecule has 0 aromatic heterocycles. The van der Waals surface area contributed by atoms with Crippen LogP contribution in [0.5, 0.6) is 0 Å². The molecule has 0 aliphatic heterocycles. The van der Waals surface area contributed by atoms with E-state index in [4.69, 9.17) is 0 Å². The van der Waals surface area contributed by atoms with E-state index < -0.39 is 6.04 Å². The Hall–Kier alpha value is -1.36. The zero-order valence-corrected chi connectivity index (χ0v) is 14.7. The lowest BCUT2D eigenvalue weighted by Gasteiger charge is -2.24. The molecule has 1 saturated carbocycles. The van der Waals surface area contributed by atoms with Crippen molar-refractivity contribution in [3.8, 4) is 0 Å². The molecule has 5 heteroatoms. The molecule has 1 aromatic rings. The predicted octanol–water partition coefficient (Wildman–Crippen LogP) is 3.26. The van der Waals surface area contributed by atoms with Crippen LogP contribution in [0.15, 0.2) is 28.7 Å². The highest BCUT2D eigenvalue weighted by Crippen LogP contribution is 2.18. The molecule has 0 unspecified atom stereocenters. The van der Waals surface area contributed by atoms with Crippen molar-refractivity contribution in [2.45, 2.75) is 51.6 Å². The first-order valence-corrected chi connectivity index (χ1v) is 8.63. The summed E-state index contributed by atoms with van der Waals surface area (Å²) in [6.07, 6.45) is 4.42. The summed E-state index contributed by atoms with van der Waals surface area (Å²) in [5, 5.41) is 5.92. The Balaban J connectivity index is 1.99. The molecule has 2 N–H and O–H groups in total. The Labute approximate surface area is 140 Å². The zero-order valence-electron chi connectivity index (χ0n) is 13.1. The third-order valence-electron chi connectivity index (χ3n) is 4.04. The van der Waals surface area contributed by atoms with Gasteiger partial charge in [-0.05, 0) is 43.0 Å². The lowest BCUT2D eigenvalue weighted by Crippen LogP contribution is -2.51. The quantitative estimate of drug-likeness (QED) is 0.839. The molecule has 1 atom stereocenters. The molecular weight excluding hydrogens is 344 g/mol. The van der Waals surface area contributed by atoms with Gasteiger partial charge >= 0.3 is 0 Å². The first-order valence-electron chi connectivity index (χ1n) is 7.84. The maximum absolute atomic E-state index is 12.4. The van der Waals surface area contributed by atoms with Gasteiger partial charge in [0.2, 0.25) is 5.91 Å². The van der Waals surface area contributed by atoms with Gasteiger partial charge in [0.05, 0.1) is 0 Å². The van der Waals surface area contributed by atoms with Gasteiger partial charge in [-0.25, -0.2) is 0 Å². The van der Waals surface area contributed by atoms with E-state index in [1.54, 1.807) is 12.1 Å². The number of hydrogen-bond acceptors (Lipinski definition) is 2. The summed E-state index contributed by atoms with van der Waals surface area (Å²) >= 11 is 3.34. The SMILES string of the molecule is CC(C)[C@@H](NC(=O)c1ccc(Br)cc1)C(=O)NC1CCCC1. The summed E-state index contributed by atoms with van der Waals surface area (Å²) in [4.78, 5) is 24.7. The van der Waals surface area contributed by atoms with Crippen LogP contribution in [0.25, 0.3) is 0 Å². The van der Waals surface area contributed by atoms with E-state index in [-0.39, 0.29) is 23.8 Å². The maximum Gasteiger partial charge on any atom is 0.251 e. The van der Waals surface area contributed by atoms with Crippen LogP contribution in [0, 0.1) is 5.92 Å². The zero-order chi connectivity index (χ0) is 16.1. The van der Waals surface area contributed by atoms with Crippen molar-refractivity contribution >= 4 is 27.7 Å². The van der Waals surface area contributed by atoms with Gasteiger partial charge in [0.15, 0.2) is 0 Å². The summed E-state index contributed by atoms with van der Waals surface area (Å²) in [5.74, 6) is -0.249. The number of carbonyl (C=O) groups excluding carboxylic acids is 2. The first-order chi connectivity index (χ1) is 10.5. The fraction of sp³-hybridized carbons (Fsp3) is 0.529. The smallest absolute Gasteiger partial charge is 0.251 e. The maximum atomic E-state index is 12.4. The molecule has 1 aliphatic rings. The highest BCUT2D eigenvalue weighted by Gasteiger charge is 2.27. The lowest BCUT2D eigenvalue weighted by molar-refractivity contribution is -0.124. The van der Waals surface area contributed by atoms with Crippen LogP contribution in [0.2, 0.25) is 0 Å².